The third-order valence-electron chi connectivity index (χ3n) is 2.37. The minimum absolute atomic E-state index is 0.201. The summed E-state index contributed by atoms with van der Waals surface area (Å²) in [7, 11) is 1.65. The Balaban J connectivity index is 2.99. The molecule has 0 saturated carbocycles. The summed E-state index contributed by atoms with van der Waals surface area (Å²) in [4.78, 5) is 0. The monoisotopic (exact) mass is 247 g/mol. The van der Waals surface area contributed by atoms with Gasteiger partial charge in [0.25, 0.3) is 0 Å². The van der Waals surface area contributed by atoms with Crippen molar-refractivity contribution in [1.29, 1.82) is 0 Å². The van der Waals surface area contributed by atoms with Crippen LogP contribution in [0.4, 0.5) is 4.39 Å². The number of aliphatic hydroxyl groups is 2. The Morgan fingerprint density at radius 2 is 2.06 bits per heavy atom. The summed E-state index contributed by atoms with van der Waals surface area (Å²) in [6.07, 6.45) is -2.22. The van der Waals surface area contributed by atoms with Crippen LogP contribution in [0.3, 0.4) is 0 Å². The quantitative estimate of drug-likeness (QED) is 0.754. The summed E-state index contributed by atoms with van der Waals surface area (Å²) in [5.41, 5.74) is 0.608. The molecule has 2 unspecified atom stereocenters. The van der Waals surface area contributed by atoms with Crippen molar-refractivity contribution in [3.63, 3.8) is 0 Å². The van der Waals surface area contributed by atoms with Crippen LogP contribution >= 0.6 is 11.6 Å². The van der Waals surface area contributed by atoms with Crippen molar-refractivity contribution in [2.45, 2.75) is 19.1 Å². The molecular weight excluding hydrogens is 233 g/mol. The van der Waals surface area contributed by atoms with E-state index in [1.165, 1.54) is 6.07 Å². The van der Waals surface area contributed by atoms with Crippen LogP contribution in [-0.4, -0.2) is 29.9 Å². The second kappa shape index (κ2) is 5.59. The van der Waals surface area contributed by atoms with Gasteiger partial charge >= 0.3 is 0 Å². The fourth-order valence-electron chi connectivity index (χ4n) is 1.42. The van der Waals surface area contributed by atoms with Gasteiger partial charge < -0.3 is 15.5 Å². The molecule has 0 amide bonds. The minimum Gasteiger partial charge on any atom is -0.389 e. The molecule has 0 heterocycles. The van der Waals surface area contributed by atoms with Crippen LogP contribution in [0, 0.1) is 12.7 Å². The first-order valence-electron chi connectivity index (χ1n) is 4.93. The molecule has 1 aromatic rings. The summed E-state index contributed by atoms with van der Waals surface area (Å²) in [6.45, 7) is 1.79. The summed E-state index contributed by atoms with van der Waals surface area (Å²) in [6, 6.07) is 2.59. The lowest BCUT2D eigenvalue weighted by atomic mass is 10.0. The molecule has 0 fully saturated rings. The lowest BCUT2D eigenvalue weighted by molar-refractivity contribution is 0.0201. The third-order valence-corrected chi connectivity index (χ3v) is 2.70. The largest absolute Gasteiger partial charge is 0.389 e. The number of hydrogen-bond acceptors (Lipinski definition) is 3. The number of aryl methyl sites for hydroxylation is 1. The van der Waals surface area contributed by atoms with E-state index >= 15 is 0 Å². The molecule has 1 aromatic carbocycles. The number of benzene rings is 1. The number of rotatable bonds is 4. The molecule has 0 aliphatic rings. The number of halogens is 2. The average molecular weight is 248 g/mol. The Morgan fingerprint density at radius 3 is 2.62 bits per heavy atom. The molecular formula is C11H15ClFNO2. The van der Waals surface area contributed by atoms with E-state index in [2.05, 4.69) is 5.32 Å². The van der Waals surface area contributed by atoms with E-state index in [0.29, 0.717) is 5.56 Å². The molecule has 2 atom stereocenters. The maximum absolute atomic E-state index is 13.3. The van der Waals surface area contributed by atoms with Crippen LogP contribution < -0.4 is 5.32 Å². The van der Waals surface area contributed by atoms with Crippen LogP contribution in [0.5, 0.6) is 0 Å². The first-order chi connectivity index (χ1) is 7.47. The lowest BCUT2D eigenvalue weighted by Gasteiger charge is -2.19. The molecule has 16 heavy (non-hydrogen) atoms. The van der Waals surface area contributed by atoms with Gasteiger partial charge in [-0.3, -0.25) is 0 Å². The summed E-state index contributed by atoms with van der Waals surface area (Å²) in [5, 5.41) is 22.3. The van der Waals surface area contributed by atoms with Crippen LogP contribution in [0.15, 0.2) is 12.1 Å². The molecule has 1 rings (SSSR count). The highest BCUT2D eigenvalue weighted by Crippen LogP contribution is 2.27. The van der Waals surface area contributed by atoms with Crippen molar-refractivity contribution in [1.82, 2.24) is 5.32 Å². The molecule has 0 radical (unpaired) electrons. The number of nitrogens with one attached hydrogen (secondary N) is 1. The number of likely N-dealkylation sites (N-methyl/N-ethyl adjacent to an activating group) is 1. The van der Waals surface area contributed by atoms with Crippen molar-refractivity contribution in [3.05, 3.63) is 34.1 Å². The third kappa shape index (κ3) is 2.92. The highest BCUT2D eigenvalue weighted by atomic mass is 35.5. The number of hydrogen-bond donors (Lipinski definition) is 3. The highest BCUT2D eigenvalue weighted by molar-refractivity contribution is 6.31. The Bertz CT molecular complexity index is 373. The van der Waals surface area contributed by atoms with Crippen molar-refractivity contribution < 1.29 is 14.6 Å². The van der Waals surface area contributed by atoms with E-state index in [4.69, 9.17) is 11.6 Å². The Labute approximate surface area is 98.9 Å². The zero-order valence-electron chi connectivity index (χ0n) is 9.17. The fourth-order valence-corrected chi connectivity index (χ4v) is 1.75. The van der Waals surface area contributed by atoms with Gasteiger partial charge in [-0.05, 0) is 31.7 Å². The Kier molecular flexibility index (Phi) is 4.68. The molecule has 0 spiro atoms. The normalized spacial score (nSPS) is 14.9. The number of aliphatic hydroxyl groups excluding tert-OH is 2. The molecule has 0 aromatic heterocycles. The Hall–Kier alpha value is -0.680. The maximum atomic E-state index is 13.3. The molecule has 90 valence electrons. The predicted octanol–water partition coefficient (Wildman–Crippen LogP) is 1.40. The second-order valence-electron chi connectivity index (χ2n) is 3.69. The van der Waals surface area contributed by atoms with Gasteiger partial charge in [0.05, 0.1) is 6.10 Å². The molecule has 0 saturated heterocycles. The van der Waals surface area contributed by atoms with Crippen molar-refractivity contribution in [2.75, 3.05) is 13.6 Å². The average Bonchev–Trinajstić information content (AvgIpc) is 2.23. The van der Waals surface area contributed by atoms with Crippen LogP contribution in [-0.2, 0) is 0 Å². The summed E-state index contributed by atoms with van der Waals surface area (Å²) >= 11 is 5.88. The molecule has 0 aliphatic carbocycles. The maximum Gasteiger partial charge on any atom is 0.126 e. The predicted molar refractivity (Wildman–Crippen MR) is 61.0 cm³/mol. The zero-order chi connectivity index (χ0) is 12.3. The van der Waals surface area contributed by atoms with E-state index in [0.717, 1.165) is 6.07 Å². The second-order valence-corrected chi connectivity index (χ2v) is 4.10. The molecule has 5 heteroatoms. The molecule has 0 aliphatic heterocycles. The fraction of sp³-hybridized carbons (Fsp3) is 0.455. The van der Waals surface area contributed by atoms with E-state index < -0.39 is 18.0 Å². The van der Waals surface area contributed by atoms with Gasteiger partial charge in [-0.15, -0.1) is 0 Å². The Morgan fingerprint density at radius 1 is 1.44 bits per heavy atom. The highest BCUT2D eigenvalue weighted by Gasteiger charge is 2.21. The molecule has 3 nitrogen and oxygen atoms in total. The van der Waals surface area contributed by atoms with Crippen molar-refractivity contribution >= 4 is 11.6 Å². The lowest BCUT2D eigenvalue weighted by Crippen LogP contribution is -2.29. The van der Waals surface area contributed by atoms with E-state index in [1.54, 1.807) is 14.0 Å². The van der Waals surface area contributed by atoms with Crippen LogP contribution in [0.25, 0.3) is 0 Å². The van der Waals surface area contributed by atoms with E-state index in [1.807, 2.05) is 0 Å². The van der Waals surface area contributed by atoms with Gasteiger partial charge in [-0.25, -0.2) is 4.39 Å². The SMILES string of the molecule is CNCC(O)C(O)c1cc(F)c(C)cc1Cl. The van der Waals surface area contributed by atoms with Gasteiger partial charge in [0.15, 0.2) is 0 Å². The van der Waals surface area contributed by atoms with Crippen LogP contribution in [0.1, 0.15) is 17.2 Å². The molecule has 0 bridgehead atoms. The minimum atomic E-state index is -1.20. The van der Waals surface area contributed by atoms with Gasteiger partial charge in [0.1, 0.15) is 11.9 Å². The van der Waals surface area contributed by atoms with Crippen molar-refractivity contribution in [2.24, 2.45) is 0 Å². The van der Waals surface area contributed by atoms with Gasteiger partial charge in [0.2, 0.25) is 0 Å². The van der Waals surface area contributed by atoms with Gasteiger partial charge in [-0.1, -0.05) is 11.6 Å². The molecule has 3 N–H and O–H groups in total. The van der Waals surface area contributed by atoms with Crippen molar-refractivity contribution in [3.8, 4) is 0 Å². The topological polar surface area (TPSA) is 52.5 Å². The van der Waals surface area contributed by atoms with E-state index in [-0.39, 0.29) is 17.1 Å². The van der Waals surface area contributed by atoms with Gasteiger partial charge in [0, 0.05) is 17.1 Å². The van der Waals surface area contributed by atoms with Crippen LogP contribution in [0.2, 0.25) is 5.02 Å². The zero-order valence-corrected chi connectivity index (χ0v) is 9.92. The summed E-state index contributed by atoms with van der Waals surface area (Å²) < 4.78 is 13.3. The van der Waals surface area contributed by atoms with Gasteiger partial charge in [-0.2, -0.15) is 0 Å². The smallest absolute Gasteiger partial charge is 0.126 e. The first-order valence-corrected chi connectivity index (χ1v) is 5.31. The first kappa shape index (κ1) is 13.4. The standard InChI is InChI=1S/C11H15ClFNO2/c1-6-3-8(12)7(4-9(6)13)11(16)10(15)5-14-2/h3-4,10-11,14-16H,5H2,1-2H3. The van der Waals surface area contributed by atoms with E-state index in [9.17, 15) is 14.6 Å². The summed E-state index contributed by atoms with van der Waals surface area (Å²) in [5.74, 6) is -0.449.